The highest BCUT2D eigenvalue weighted by Gasteiger charge is 2.34. The molecule has 1 fully saturated rings. The number of likely N-dealkylation sites (tertiary alicyclic amines) is 1. The maximum atomic E-state index is 11.5. The number of piperidine rings is 1. The highest BCUT2D eigenvalue weighted by atomic mass is 16.5. The van der Waals surface area contributed by atoms with Crippen molar-refractivity contribution in [1.82, 2.24) is 10.2 Å². The van der Waals surface area contributed by atoms with Crippen molar-refractivity contribution in [3.05, 3.63) is 0 Å². The van der Waals surface area contributed by atoms with Crippen LogP contribution in [0.15, 0.2) is 0 Å². The number of aliphatic carboxylic acids is 1. The van der Waals surface area contributed by atoms with E-state index in [1.807, 2.05) is 13.8 Å². The normalized spacial score (nSPS) is 21.1. The molecule has 1 aliphatic heterocycles. The summed E-state index contributed by atoms with van der Waals surface area (Å²) in [5.41, 5.74) is -0.836. The van der Waals surface area contributed by atoms with Gasteiger partial charge in [0.25, 0.3) is 0 Å². The van der Waals surface area contributed by atoms with E-state index in [0.717, 1.165) is 39.1 Å². The quantitative estimate of drug-likeness (QED) is 0.709. The van der Waals surface area contributed by atoms with E-state index < -0.39 is 11.5 Å². The predicted octanol–water partition coefficient (Wildman–Crippen LogP) is 1.58. The molecule has 0 aliphatic carbocycles. The number of nitrogens with zero attached hydrogens (tertiary/aromatic N) is 1. The Balaban J connectivity index is 2.39. The van der Waals surface area contributed by atoms with Gasteiger partial charge in [0.15, 0.2) is 0 Å². The van der Waals surface area contributed by atoms with Crippen molar-refractivity contribution in [2.24, 2.45) is 5.92 Å². The van der Waals surface area contributed by atoms with Crippen LogP contribution in [0.25, 0.3) is 0 Å². The van der Waals surface area contributed by atoms with Crippen molar-refractivity contribution in [3.63, 3.8) is 0 Å². The Kier molecular flexibility index (Phi) is 6.92. The van der Waals surface area contributed by atoms with Gasteiger partial charge >= 0.3 is 5.97 Å². The topological polar surface area (TPSA) is 61.8 Å². The molecule has 0 radical (unpaired) electrons. The van der Waals surface area contributed by atoms with Crippen LogP contribution in [-0.2, 0) is 9.53 Å². The fourth-order valence-corrected chi connectivity index (χ4v) is 2.87. The van der Waals surface area contributed by atoms with Crippen LogP contribution >= 0.6 is 0 Å². The Hall–Kier alpha value is -0.650. The third kappa shape index (κ3) is 5.38. The number of methoxy groups -OCH3 is 1. The average molecular weight is 286 g/mol. The van der Waals surface area contributed by atoms with Crippen LogP contribution in [0.3, 0.4) is 0 Å². The first-order valence-electron chi connectivity index (χ1n) is 7.60. The molecule has 118 valence electrons. The van der Waals surface area contributed by atoms with Crippen molar-refractivity contribution in [2.45, 2.75) is 51.6 Å². The van der Waals surface area contributed by atoms with Gasteiger partial charge in [-0.15, -0.1) is 0 Å². The standard InChI is InChI=1S/C15H30N2O3/c1-12(2)16-15(3,14(18)19)7-10-17-8-5-13(6-9-17)11-20-4/h12-13,16H,5-11H2,1-4H3,(H,18,19). The summed E-state index contributed by atoms with van der Waals surface area (Å²) < 4.78 is 5.20. The van der Waals surface area contributed by atoms with Gasteiger partial charge in [-0.2, -0.15) is 0 Å². The molecule has 0 bridgehead atoms. The molecule has 0 spiro atoms. The Labute approximate surface area is 122 Å². The van der Waals surface area contributed by atoms with Gasteiger partial charge in [0.05, 0.1) is 0 Å². The molecule has 1 aliphatic rings. The summed E-state index contributed by atoms with van der Waals surface area (Å²) in [6.45, 7) is 9.52. The van der Waals surface area contributed by atoms with Gasteiger partial charge in [0.1, 0.15) is 5.54 Å². The van der Waals surface area contributed by atoms with Crippen LogP contribution < -0.4 is 5.32 Å². The number of nitrogens with one attached hydrogen (secondary N) is 1. The molecular formula is C15H30N2O3. The molecule has 0 aromatic heterocycles. The first-order valence-corrected chi connectivity index (χ1v) is 7.60. The van der Waals surface area contributed by atoms with Gasteiger partial charge in [-0.1, -0.05) is 0 Å². The first-order chi connectivity index (χ1) is 9.37. The van der Waals surface area contributed by atoms with Crippen molar-refractivity contribution in [2.75, 3.05) is 33.4 Å². The lowest BCUT2D eigenvalue weighted by Crippen LogP contribution is -2.54. The molecule has 1 heterocycles. The fraction of sp³-hybridized carbons (Fsp3) is 0.933. The molecule has 5 nitrogen and oxygen atoms in total. The van der Waals surface area contributed by atoms with Crippen LogP contribution in [-0.4, -0.2) is 60.9 Å². The maximum Gasteiger partial charge on any atom is 0.323 e. The Bertz CT molecular complexity index is 301. The lowest BCUT2D eigenvalue weighted by Gasteiger charge is -2.35. The molecule has 2 N–H and O–H groups in total. The molecule has 1 saturated heterocycles. The summed E-state index contributed by atoms with van der Waals surface area (Å²) in [6.07, 6.45) is 2.93. The van der Waals surface area contributed by atoms with Gasteiger partial charge in [0.2, 0.25) is 0 Å². The van der Waals surface area contributed by atoms with Gasteiger partial charge in [-0.25, -0.2) is 0 Å². The van der Waals surface area contributed by atoms with Gasteiger partial charge < -0.3 is 14.7 Å². The summed E-state index contributed by atoms with van der Waals surface area (Å²) in [6, 6.07) is 0.170. The SMILES string of the molecule is COCC1CCN(CCC(C)(NC(C)C)C(=O)O)CC1. The lowest BCUT2D eigenvalue weighted by atomic mass is 9.94. The highest BCUT2D eigenvalue weighted by molar-refractivity contribution is 5.78. The second-order valence-electron chi connectivity index (χ2n) is 6.43. The second-order valence-corrected chi connectivity index (χ2v) is 6.43. The molecule has 5 heteroatoms. The number of ether oxygens (including phenoxy) is 1. The zero-order chi connectivity index (χ0) is 15.2. The van der Waals surface area contributed by atoms with E-state index in [1.165, 1.54) is 0 Å². The zero-order valence-corrected chi connectivity index (χ0v) is 13.3. The largest absolute Gasteiger partial charge is 0.480 e. The molecule has 0 amide bonds. The summed E-state index contributed by atoms with van der Waals surface area (Å²) in [5, 5.41) is 12.6. The van der Waals surface area contributed by atoms with Gasteiger partial charge in [-0.05, 0) is 59.0 Å². The molecule has 1 atom stereocenters. The first kappa shape index (κ1) is 17.4. The summed E-state index contributed by atoms with van der Waals surface area (Å²) >= 11 is 0. The Morgan fingerprint density at radius 1 is 1.45 bits per heavy atom. The fourth-order valence-electron chi connectivity index (χ4n) is 2.87. The summed E-state index contributed by atoms with van der Waals surface area (Å²) in [5.74, 6) is -0.101. The predicted molar refractivity (Wildman–Crippen MR) is 80.0 cm³/mol. The number of hydrogen-bond acceptors (Lipinski definition) is 4. The molecule has 20 heavy (non-hydrogen) atoms. The molecule has 1 unspecified atom stereocenters. The number of carboxylic acid groups (broad SMARTS) is 1. The van der Waals surface area contributed by atoms with E-state index in [9.17, 15) is 9.90 Å². The number of carboxylic acids is 1. The van der Waals surface area contributed by atoms with Crippen molar-refractivity contribution in [3.8, 4) is 0 Å². The van der Waals surface area contributed by atoms with Gasteiger partial charge in [0, 0.05) is 26.3 Å². The van der Waals surface area contributed by atoms with E-state index in [4.69, 9.17) is 4.74 Å². The molecule has 0 aromatic rings. The minimum absolute atomic E-state index is 0.170. The summed E-state index contributed by atoms with van der Waals surface area (Å²) in [4.78, 5) is 13.8. The van der Waals surface area contributed by atoms with Crippen LogP contribution in [0.5, 0.6) is 0 Å². The van der Waals surface area contributed by atoms with Gasteiger partial charge in [-0.3, -0.25) is 10.1 Å². The van der Waals surface area contributed by atoms with Crippen LogP contribution in [0.2, 0.25) is 0 Å². The van der Waals surface area contributed by atoms with Crippen LogP contribution in [0.1, 0.15) is 40.0 Å². The summed E-state index contributed by atoms with van der Waals surface area (Å²) in [7, 11) is 1.75. The number of rotatable bonds is 8. The van der Waals surface area contributed by atoms with E-state index in [-0.39, 0.29) is 6.04 Å². The molecule has 0 saturated carbocycles. The van der Waals surface area contributed by atoms with Crippen molar-refractivity contribution >= 4 is 5.97 Å². The Morgan fingerprint density at radius 2 is 2.05 bits per heavy atom. The number of hydrogen-bond donors (Lipinski definition) is 2. The smallest absolute Gasteiger partial charge is 0.323 e. The molecule has 0 aromatic carbocycles. The van der Waals surface area contributed by atoms with E-state index in [2.05, 4.69) is 10.2 Å². The van der Waals surface area contributed by atoms with Crippen LogP contribution in [0.4, 0.5) is 0 Å². The van der Waals surface area contributed by atoms with E-state index in [1.54, 1.807) is 14.0 Å². The zero-order valence-electron chi connectivity index (χ0n) is 13.3. The maximum absolute atomic E-state index is 11.5. The lowest BCUT2D eigenvalue weighted by molar-refractivity contribution is -0.145. The average Bonchev–Trinajstić information content (AvgIpc) is 2.37. The minimum Gasteiger partial charge on any atom is -0.480 e. The Morgan fingerprint density at radius 3 is 2.50 bits per heavy atom. The van der Waals surface area contributed by atoms with E-state index in [0.29, 0.717) is 12.3 Å². The minimum atomic E-state index is -0.836. The monoisotopic (exact) mass is 286 g/mol. The van der Waals surface area contributed by atoms with Crippen molar-refractivity contribution < 1.29 is 14.6 Å². The van der Waals surface area contributed by atoms with Crippen molar-refractivity contribution in [1.29, 1.82) is 0 Å². The highest BCUT2D eigenvalue weighted by Crippen LogP contribution is 2.19. The third-order valence-corrected chi connectivity index (χ3v) is 4.12. The number of carbonyl (C=O) groups is 1. The molecular weight excluding hydrogens is 256 g/mol. The van der Waals surface area contributed by atoms with Crippen LogP contribution in [0, 0.1) is 5.92 Å². The molecule has 1 rings (SSSR count). The second kappa shape index (κ2) is 7.96. The third-order valence-electron chi connectivity index (χ3n) is 4.12. The van der Waals surface area contributed by atoms with E-state index >= 15 is 0 Å².